The zero-order chi connectivity index (χ0) is 15.4. The minimum atomic E-state index is 0.0794. The molecule has 115 valence electrons. The van der Waals surface area contributed by atoms with Crippen LogP contribution < -0.4 is 5.32 Å². The molecule has 1 fully saturated rings. The van der Waals surface area contributed by atoms with Gasteiger partial charge in [-0.05, 0) is 29.7 Å². The van der Waals surface area contributed by atoms with E-state index >= 15 is 0 Å². The van der Waals surface area contributed by atoms with Gasteiger partial charge in [0.15, 0.2) is 0 Å². The van der Waals surface area contributed by atoms with Crippen LogP contribution in [0.3, 0.4) is 0 Å². The van der Waals surface area contributed by atoms with Crippen molar-refractivity contribution in [1.82, 2.24) is 10.2 Å². The Morgan fingerprint density at radius 2 is 1.41 bits per heavy atom. The first kappa shape index (κ1) is 15.8. The van der Waals surface area contributed by atoms with Crippen LogP contribution in [0.5, 0.6) is 0 Å². The Hall–Kier alpha value is -1.06. The number of nitrogens with zero attached hydrogens (tertiary/aromatic N) is 2. The van der Waals surface area contributed by atoms with Crippen molar-refractivity contribution in [2.45, 2.75) is 12.5 Å². The second kappa shape index (κ2) is 7.47. The van der Waals surface area contributed by atoms with Gasteiger partial charge >= 0.3 is 0 Å². The van der Waals surface area contributed by atoms with Gasteiger partial charge in [0.05, 0.1) is 6.04 Å². The third-order valence-corrected chi connectivity index (χ3v) is 4.76. The van der Waals surface area contributed by atoms with E-state index in [0.717, 1.165) is 53.8 Å². The van der Waals surface area contributed by atoms with Crippen LogP contribution in [-0.4, -0.2) is 31.1 Å². The number of hydrogen-bond acceptors (Lipinski definition) is 1. The van der Waals surface area contributed by atoms with Gasteiger partial charge in [-0.1, -0.05) is 59.6 Å². The van der Waals surface area contributed by atoms with Crippen LogP contribution in [0.15, 0.2) is 48.5 Å². The van der Waals surface area contributed by atoms with E-state index in [9.17, 15) is 0 Å². The summed E-state index contributed by atoms with van der Waals surface area (Å²) in [5.41, 5.74) is 2.22. The van der Waals surface area contributed by atoms with Crippen LogP contribution in [0.4, 0.5) is 0 Å². The minimum Gasteiger partial charge on any atom is -0.291 e. The molecule has 0 aromatic heterocycles. The fourth-order valence-electron chi connectivity index (χ4n) is 3.02. The topological polar surface area (TPSA) is 17.3 Å². The first-order valence-corrected chi connectivity index (χ1v) is 8.39. The Bertz CT molecular complexity index is 576. The molecule has 3 rings (SSSR count). The van der Waals surface area contributed by atoms with Crippen LogP contribution in [0.2, 0.25) is 10.0 Å². The van der Waals surface area contributed by atoms with Crippen molar-refractivity contribution < 1.29 is 0 Å². The Labute approximate surface area is 142 Å². The van der Waals surface area contributed by atoms with Gasteiger partial charge in [-0.15, -0.1) is 0 Å². The summed E-state index contributed by atoms with van der Waals surface area (Å²) < 4.78 is 0. The molecule has 22 heavy (non-hydrogen) atoms. The highest BCUT2D eigenvalue weighted by atomic mass is 35.5. The van der Waals surface area contributed by atoms with Gasteiger partial charge in [0.2, 0.25) is 0 Å². The number of rotatable bonds is 3. The number of halogens is 2. The van der Waals surface area contributed by atoms with Gasteiger partial charge in [0.25, 0.3) is 0 Å². The standard InChI is InChI=1S/C18H19Cl2N2/c19-16-8-3-1-6-14(16)18(15-7-2-4-9-17(15)20)22-12-5-10-21-11-13-22/h1-4,6-9,18H,5,10-13H2. The molecule has 0 spiro atoms. The average molecular weight is 334 g/mol. The molecule has 1 radical (unpaired) electrons. The number of benzene rings is 2. The maximum Gasteiger partial charge on any atom is 0.0631 e. The quantitative estimate of drug-likeness (QED) is 0.814. The fraction of sp³-hybridized carbons (Fsp3) is 0.333. The molecule has 0 bridgehead atoms. The molecule has 0 atom stereocenters. The third kappa shape index (κ3) is 3.47. The zero-order valence-electron chi connectivity index (χ0n) is 12.4. The van der Waals surface area contributed by atoms with Crippen molar-refractivity contribution >= 4 is 23.2 Å². The Morgan fingerprint density at radius 1 is 0.818 bits per heavy atom. The molecule has 2 nitrogen and oxygen atoms in total. The lowest BCUT2D eigenvalue weighted by molar-refractivity contribution is 0.241. The Balaban J connectivity index is 2.06. The lowest BCUT2D eigenvalue weighted by Crippen LogP contribution is -2.32. The highest BCUT2D eigenvalue weighted by Crippen LogP contribution is 2.36. The smallest absolute Gasteiger partial charge is 0.0631 e. The lowest BCUT2D eigenvalue weighted by atomic mass is 9.96. The van der Waals surface area contributed by atoms with Crippen LogP contribution in [0, 0.1) is 0 Å². The summed E-state index contributed by atoms with van der Waals surface area (Å²) >= 11 is 13.0. The molecule has 4 heteroatoms. The molecule has 1 heterocycles. The minimum absolute atomic E-state index is 0.0794. The molecule has 1 saturated heterocycles. The summed E-state index contributed by atoms with van der Waals surface area (Å²) in [6.45, 7) is 3.74. The first-order valence-electron chi connectivity index (χ1n) is 7.63. The first-order chi connectivity index (χ1) is 10.8. The summed E-state index contributed by atoms with van der Waals surface area (Å²) in [4.78, 5) is 2.44. The van der Waals surface area contributed by atoms with Gasteiger partial charge < -0.3 is 0 Å². The summed E-state index contributed by atoms with van der Waals surface area (Å²) in [5.74, 6) is 0. The molecule has 2 aromatic carbocycles. The molecular formula is C18H19Cl2N2. The second-order valence-corrected chi connectivity index (χ2v) is 6.32. The van der Waals surface area contributed by atoms with Gasteiger partial charge in [0.1, 0.15) is 0 Å². The van der Waals surface area contributed by atoms with E-state index in [1.54, 1.807) is 0 Å². The van der Waals surface area contributed by atoms with Gasteiger partial charge in [-0.25, -0.2) is 5.32 Å². The lowest BCUT2D eigenvalue weighted by Gasteiger charge is -2.32. The number of hydrogen-bond donors (Lipinski definition) is 0. The molecular weight excluding hydrogens is 315 g/mol. The normalized spacial score (nSPS) is 16.7. The molecule has 2 aromatic rings. The van der Waals surface area contributed by atoms with E-state index in [1.807, 2.05) is 36.4 Å². The van der Waals surface area contributed by atoms with Crippen molar-refractivity contribution in [2.75, 3.05) is 26.2 Å². The highest BCUT2D eigenvalue weighted by molar-refractivity contribution is 6.32. The van der Waals surface area contributed by atoms with E-state index in [1.165, 1.54) is 0 Å². The van der Waals surface area contributed by atoms with E-state index < -0.39 is 0 Å². The largest absolute Gasteiger partial charge is 0.291 e. The SMILES string of the molecule is Clc1ccccc1C(c1ccccc1Cl)N1CCC[N]CC1. The zero-order valence-corrected chi connectivity index (χ0v) is 13.9. The molecule has 0 aliphatic carbocycles. The molecule has 1 aliphatic heterocycles. The highest BCUT2D eigenvalue weighted by Gasteiger charge is 2.26. The molecule has 0 unspecified atom stereocenters. The van der Waals surface area contributed by atoms with Crippen LogP contribution in [0.25, 0.3) is 0 Å². The maximum absolute atomic E-state index is 6.49. The predicted molar refractivity (Wildman–Crippen MR) is 92.8 cm³/mol. The van der Waals surface area contributed by atoms with Crippen molar-refractivity contribution in [3.05, 3.63) is 69.7 Å². The Kier molecular flexibility index (Phi) is 5.37. The Morgan fingerprint density at radius 3 is 2.00 bits per heavy atom. The van der Waals surface area contributed by atoms with Crippen molar-refractivity contribution in [2.24, 2.45) is 0 Å². The van der Waals surface area contributed by atoms with Gasteiger partial charge in [-0.3, -0.25) is 4.90 Å². The molecule has 0 N–H and O–H groups in total. The van der Waals surface area contributed by atoms with Gasteiger partial charge in [-0.2, -0.15) is 0 Å². The summed E-state index contributed by atoms with van der Waals surface area (Å²) in [5, 5.41) is 6.10. The van der Waals surface area contributed by atoms with Gasteiger partial charge in [0, 0.05) is 36.2 Å². The van der Waals surface area contributed by atoms with E-state index in [0.29, 0.717) is 0 Å². The van der Waals surface area contributed by atoms with E-state index in [2.05, 4.69) is 22.3 Å². The average Bonchev–Trinajstić information content (AvgIpc) is 2.80. The maximum atomic E-state index is 6.49. The van der Waals surface area contributed by atoms with Crippen molar-refractivity contribution in [3.8, 4) is 0 Å². The van der Waals surface area contributed by atoms with Crippen LogP contribution in [0.1, 0.15) is 23.6 Å². The van der Waals surface area contributed by atoms with Crippen molar-refractivity contribution in [3.63, 3.8) is 0 Å². The van der Waals surface area contributed by atoms with E-state index in [4.69, 9.17) is 23.2 Å². The molecule has 0 amide bonds. The van der Waals surface area contributed by atoms with Crippen LogP contribution >= 0.6 is 23.2 Å². The third-order valence-electron chi connectivity index (χ3n) is 4.07. The second-order valence-electron chi connectivity index (χ2n) is 5.51. The monoisotopic (exact) mass is 333 g/mol. The van der Waals surface area contributed by atoms with E-state index in [-0.39, 0.29) is 6.04 Å². The molecule has 0 saturated carbocycles. The van der Waals surface area contributed by atoms with Crippen LogP contribution in [-0.2, 0) is 0 Å². The fourth-order valence-corrected chi connectivity index (χ4v) is 3.50. The molecule has 1 aliphatic rings. The summed E-state index contributed by atoms with van der Waals surface area (Å²) in [6, 6.07) is 16.2. The predicted octanol–water partition coefficient (Wildman–Crippen LogP) is 4.39. The summed E-state index contributed by atoms with van der Waals surface area (Å²) in [6.07, 6.45) is 1.07. The van der Waals surface area contributed by atoms with Crippen molar-refractivity contribution in [1.29, 1.82) is 0 Å². The summed E-state index contributed by atoms with van der Waals surface area (Å²) in [7, 11) is 0.